The lowest BCUT2D eigenvalue weighted by Gasteiger charge is -2.36. The normalized spacial score (nSPS) is 15.1. The highest BCUT2D eigenvalue weighted by Gasteiger charge is 2.41. The number of amides is 2. The lowest BCUT2D eigenvalue weighted by Crippen LogP contribution is -2.44. The molecule has 0 saturated carbocycles. The molecule has 1 heterocycles. The maximum Gasteiger partial charge on any atom is 0.251 e. The molecule has 3 aromatic rings. The van der Waals surface area contributed by atoms with Crippen LogP contribution in [0, 0.1) is 0 Å². The van der Waals surface area contributed by atoms with Crippen LogP contribution in [0.3, 0.4) is 0 Å². The molecule has 0 spiro atoms. The van der Waals surface area contributed by atoms with Crippen LogP contribution in [0.5, 0.6) is 0 Å². The molecule has 158 valence electrons. The van der Waals surface area contributed by atoms with Gasteiger partial charge in [-0.2, -0.15) is 0 Å². The first-order valence-electron chi connectivity index (χ1n) is 10.5. The fourth-order valence-electron chi connectivity index (χ4n) is 3.96. The summed E-state index contributed by atoms with van der Waals surface area (Å²) in [6.07, 6.45) is 1.28. The Morgan fingerprint density at radius 1 is 0.806 bits per heavy atom. The molecular weight excluding hydrogens is 388 g/mol. The zero-order chi connectivity index (χ0) is 21.5. The van der Waals surface area contributed by atoms with Crippen molar-refractivity contribution < 1.29 is 14.3 Å². The first-order chi connectivity index (χ1) is 15.2. The van der Waals surface area contributed by atoms with Crippen LogP contribution in [0.4, 0.5) is 5.69 Å². The van der Waals surface area contributed by atoms with Crippen LogP contribution >= 0.6 is 0 Å². The van der Waals surface area contributed by atoms with E-state index in [0.29, 0.717) is 43.9 Å². The third-order valence-electron chi connectivity index (χ3n) is 5.81. The van der Waals surface area contributed by atoms with Gasteiger partial charge >= 0.3 is 0 Å². The van der Waals surface area contributed by atoms with E-state index in [4.69, 9.17) is 4.74 Å². The van der Waals surface area contributed by atoms with Gasteiger partial charge < -0.3 is 15.4 Å². The van der Waals surface area contributed by atoms with E-state index in [2.05, 4.69) is 10.6 Å². The Balaban J connectivity index is 1.43. The predicted molar refractivity (Wildman–Crippen MR) is 121 cm³/mol. The molecule has 1 saturated heterocycles. The fraction of sp³-hybridized carbons (Fsp3) is 0.231. The van der Waals surface area contributed by atoms with Crippen LogP contribution in [-0.2, 0) is 21.5 Å². The first-order valence-corrected chi connectivity index (χ1v) is 10.5. The standard InChI is InChI=1S/C26H26N2O3/c29-24(27-19-20-7-3-1-4-8-20)21-11-13-23(14-12-21)28-25(30)26(15-17-31-18-16-26)22-9-5-2-6-10-22/h1-14H,15-19H2,(H,27,29)(H,28,30). The summed E-state index contributed by atoms with van der Waals surface area (Å²) in [4.78, 5) is 25.7. The van der Waals surface area contributed by atoms with Crippen molar-refractivity contribution in [3.05, 3.63) is 102 Å². The average Bonchev–Trinajstić information content (AvgIpc) is 2.84. The molecule has 31 heavy (non-hydrogen) atoms. The number of benzene rings is 3. The van der Waals surface area contributed by atoms with Gasteiger partial charge in [-0.15, -0.1) is 0 Å². The molecule has 5 heteroatoms. The number of hydrogen-bond acceptors (Lipinski definition) is 3. The van der Waals surface area contributed by atoms with Crippen LogP contribution in [0.1, 0.15) is 34.3 Å². The fourth-order valence-corrected chi connectivity index (χ4v) is 3.96. The lowest BCUT2D eigenvalue weighted by molar-refractivity contribution is -0.125. The zero-order valence-corrected chi connectivity index (χ0v) is 17.3. The Kier molecular flexibility index (Phi) is 6.43. The summed E-state index contributed by atoms with van der Waals surface area (Å²) in [5, 5.41) is 5.96. The Morgan fingerprint density at radius 3 is 2.06 bits per heavy atom. The van der Waals surface area contributed by atoms with E-state index in [1.807, 2.05) is 60.7 Å². The summed E-state index contributed by atoms with van der Waals surface area (Å²) >= 11 is 0. The molecule has 0 unspecified atom stereocenters. The van der Waals surface area contributed by atoms with Crippen molar-refractivity contribution >= 4 is 17.5 Å². The zero-order valence-electron chi connectivity index (χ0n) is 17.3. The summed E-state index contributed by atoms with van der Waals surface area (Å²) < 4.78 is 5.52. The van der Waals surface area contributed by atoms with Crippen molar-refractivity contribution in [1.29, 1.82) is 0 Å². The van der Waals surface area contributed by atoms with E-state index in [9.17, 15) is 9.59 Å². The second-order valence-corrected chi connectivity index (χ2v) is 7.76. The van der Waals surface area contributed by atoms with E-state index >= 15 is 0 Å². The summed E-state index contributed by atoms with van der Waals surface area (Å²) in [5.74, 6) is -0.185. The largest absolute Gasteiger partial charge is 0.381 e. The van der Waals surface area contributed by atoms with E-state index < -0.39 is 5.41 Å². The number of carbonyl (C=O) groups is 2. The SMILES string of the molecule is O=C(NCc1ccccc1)c1ccc(NC(=O)C2(c3ccccc3)CCOCC2)cc1. The minimum atomic E-state index is -0.606. The number of carbonyl (C=O) groups excluding carboxylic acids is 2. The average molecular weight is 415 g/mol. The Labute approximate surface area is 182 Å². The number of anilines is 1. The molecule has 0 radical (unpaired) electrons. The Hall–Kier alpha value is -3.44. The lowest BCUT2D eigenvalue weighted by atomic mass is 9.73. The van der Waals surface area contributed by atoms with Crippen LogP contribution < -0.4 is 10.6 Å². The van der Waals surface area contributed by atoms with Gasteiger partial charge in [0.05, 0.1) is 5.41 Å². The second kappa shape index (κ2) is 9.58. The molecule has 1 aliphatic heterocycles. The van der Waals surface area contributed by atoms with Gasteiger partial charge in [-0.3, -0.25) is 9.59 Å². The van der Waals surface area contributed by atoms with Gasteiger partial charge in [0.25, 0.3) is 5.91 Å². The Morgan fingerprint density at radius 2 is 1.42 bits per heavy atom. The topological polar surface area (TPSA) is 67.4 Å². The predicted octanol–water partition coefficient (Wildman–Crippen LogP) is 4.30. The van der Waals surface area contributed by atoms with Gasteiger partial charge in [0.1, 0.15) is 0 Å². The van der Waals surface area contributed by atoms with Crippen molar-refractivity contribution in [3.8, 4) is 0 Å². The summed E-state index contributed by atoms with van der Waals surface area (Å²) in [6.45, 7) is 1.59. The monoisotopic (exact) mass is 414 g/mol. The third-order valence-corrected chi connectivity index (χ3v) is 5.81. The van der Waals surface area contributed by atoms with E-state index in [0.717, 1.165) is 11.1 Å². The molecule has 3 aromatic carbocycles. The first kappa shape index (κ1) is 20.8. The van der Waals surface area contributed by atoms with Gasteiger partial charge in [-0.25, -0.2) is 0 Å². The summed E-state index contributed by atoms with van der Waals surface area (Å²) in [5.41, 5.74) is 2.67. The van der Waals surface area contributed by atoms with Gasteiger partial charge in [-0.1, -0.05) is 60.7 Å². The van der Waals surface area contributed by atoms with Gasteiger partial charge in [0, 0.05) is 31.0 Å². The third kappa shape index (κ3) is 4.84. The van der Waals surface area contributed by atoms with Gasteiger partial charge in [0.2, 0.25) is 5.91 Å². The molecular formula is C26H26N2O3. The minimum Gasteiger partial charge on any atom is -0.381 e. The summed E-state index contributed by atoms with van der Waals surface area (Å²) in [6, 6.07) is 26.7. The van der Waals surface area contributed by atoms with Crippen molar-refractivity contribution in [2.24, 2.45) is 0 Å². The van der Waals surface area contributed by atoms with E-state index in [-0.39, 0.29) is 11.8 Å². The number of rotatable bonds is 6. The van der Waals surface area contributed by atoms with E-state index in [1.54, 1.807) is 24.3 Å². The highest BCUT2D eigenvalue weighted by atomic mass is 16.5. The molecule has 0 atom stereocenters. The molecule has 1 fully saturated rings. The quantitative estimate of drug-likeness (QED) is 0.632. The van der Waals surface area contributed by atoms with Crippen LogP contribution in [-0.4, -0.2) is 25.0 Å². The van der Waals surface area contributed by atoms with E-state index in [1.165, 1.54) is 0 Å². The smallest absolute Gasteiger partial charge is 0.251 e. The van der Waals surface area contributed by atoms with Crippen molar-refractivity contribution in [3.63, 3.8) is 0 Å². The number of ether oxygens (including phenoxy) is 1. The van der Waals surface area contributed by atoms with Gasteiger partial charge in [0.15, 0.2) is 0 Å². The molecule has 2 amide bonds. The van der Waals surface area contributed by atoms with Crippen LogP contribution in [0.15, 0.2) is 84.9 Å². The second-order valence-electron chi connectivity index (χ2n) is 7.76. The minimum absolute atomic E-state index is 0.0386. The summed E-state index contributed by atoms with van der Waals surface area (Å²) in [7, 11) is 0. The highest BCUT2D eigenvalue weighted by molar-refractivity contribution is 6.00. The van der Waals surface area contributed by atoms with Crippen molar-refractivity contribution in [1.82, 2.24) is 5.32 Å². The van der Waals surface area contributed by atoms with Crippen LogP contribution in [0.2, 0.25) is 0 Å². The Bertz CT molecular complexity index is 1010. The maximum atomic E-state index is 13.3. The maximum absolute atomic E-state index is 13.3. The van der Waals surface area contributed by atoms with Crippen molar-refractivity contribution in [2.75, 3.05) is 18.5 Å². The highest BCUT2D eigenvalue weighted by Crippen LogP contribution is 2.36. The van der Waals surface area contributed by atoms with Gasteiger partial charge in [-0.05, 0) is 48.2 Å². The molecule has 5 nitrogen and oxygen atoms in total. The molecule has 1 aliphatic rings. The van der Waals surface area contributed by atoms with Crippen LogP contribution in [0.25, 0.3) is 0 Å². The van der Waals surface area contributed by atoms with Crippen molar-refractivity contribution in [2.45, 2.75) is 24.8 Å². The molecule has 0 aromatic heterocycles. The molecule has 2 N–H and O–H groups in total. The molecule has 0 bridgehead atoms. The number of hydrogen-bond donors (Lipinski definition) is 2. The molecule has 0 aliphatic carbocycles. The molecule has 4 rings (SSSR count). The number of nitrogens with one attached hydrogen (secondary N) is 2.